The maximum atomic E-state index is 5.24. The molecule has 1 aromatic carbocycles. The average Bonchev–Trinajstić information content (AvgIpc) is 2.68. The molecule has 0 saturated carbocycles. The highest BCUT2D eigenvalue weighted by Gasteiger charge is 2.06. The van der Waals surface area contributed by atoms with Crippen LogP contribution in [-0.2, 0) is 11.2 Å². The molecule has 0 radical (unpaired) electrons. The van der Waals surface area contributed by atoms with Crippen molar-refractivity contribution in [3.05, 3.63) is 29.1 Å². The highest BCUT2D eigenvalue weighted by Crippen LogP contribution is 2.18. The predicted molar refractivity (Wildman–Crippen MR) is 70.4 cm³/mol. The number of nitrogens with zero attached hydrogens (tertiary/aromatic N) is 1. The Balaban J connectivity index is 2.20. The van der Waals surface area contributed by atoms with Gasteiger partial charge in [-0.2, -0.15) is 0 Å². The van der Waals surface area contributed by atoms with Gasteiger partial charge in [-0.3, -0.25) is 0 Å². The standard InChI is InChI=1S/C14H20N2O/c1-9-7-12-13(8-10(9)2)16-14(15-12)6-5-11(3)17-4/h7-8,11H,5-6H2,1-4H3,(H,15,16). The fourth-order valence-electron chi connectivity index (χ4n) is 1.90. The molecule has 1 unspecified atom stereocenters. The quantitative estimate of drug-likeness (QED) is 0.879. The van der Waals surface area contributed by atoms with E-state index >= 15 is 0 Å². The normalized spacial score (nSPS) is 13.2. The molecule has 0 fully saturated rings. The first-order chi connectivity index (χ1) is 8.10. The van der Waals surface area contributed by atoms with Crippen LogP contribution in [0.2, 0.25) is 0 Å². The number of hydrogen-bond acceptors (Lipinski definition) is 2. The number of benzene rings is 1. The van der Waals surface area contributed by atoms with E-state index < -0.39 is 0 Å². The third-order valence-corrected chi connectivity index (χ3v) is 3.34. The molecule has 0 spiro atoms. The van der Waals surface area contributed by atoms with Gasteiger partial charge in [-0.1, -0.05) is 0 Å². The summed E-state index contributed by atoms with van der Waals surface area (Å²) in [6, 6.07) is 4.31. The van der Waals surface area contributed by atoms with Gasteiger partial charge in [-0.15, -0.1) is 0 Å². The lowest BCUT2D eigenvalue weighted by Gasteiger charge is -2.06. The van der Waals surface area contributed by atoms with E-state index in [9.17, 15) is 0 Å². The van der Waals surface area contributed by atoms with Crippen LogP contribution in [0.15, 0.2) is 12.1 Å². The number of rotatable bonds is 4. The van der Waals surface area contributed by atoms with Crippen LogP contribution in [0.3, 0.4) is 0 Å². The molecule has 92 valence electrons. The zero-order chi connectivity index (χ0) is 12.4. The first-order valence-electron chi connectivity index (χ1n) is 6.09. The zero-order valence-corrected chi connectivity index (χ0v) is 11.0. The molecule has 0 aliphatic rings. The Labute approximate surface area is 102 Å². The molecule has 2 rings (SSSR count). The molecule has 1 heterocycles. The topological polar surface area (TPSA) is 37.9 Å². The van der Waals surface area contributed by atoms with E-state index in [1.165, 1.54) is 11.1 Å². The van der Waals surface area contributed by atoms with Gasteiger partial charge in [0.1, 0.15) is 5.82 Å². The van der Waals surface area contributed by atoms with E-state index in [4.69, 9.17) is 4.74 Å². The third-order valence-electron chi connectivity index (χ3n) is 3.34. The highest BCUT2D eigenvalue weighted by atomic mass is 16.5. The molecule has 17 heavy (non-hydrogen) atoms. The number of H-pyrrole nitrogens is 1. The monoisotopic (exact) mass is 232 g/mol. The summed E-state index contributed by atoms with van der Waals surface area (Å²) in [5.74, 6) is 1.05. The van der Waals surface area contributed by atoms with Crippen LogP contribution in [0.25, 0.3) is 11.0 Å². The molecule has 0 saturated heterocycles. The van der Waals surface area contributed by atoms with E-state index in [-0.39, 0.29) is 6.10 Å². The molecular formula is C14H20N2O. The summed E-state index contributed by atoms with van der Waals surface area (Å²) in [6.07, 6.45) is 2.21. The molecule has 1 atom stereocenters. The Morgan fingerprint density at radius 3 is 2.71 bits per heavy atom. The fraction of sp³-hybridized carbons (Fsp3) is 0.500. The molecule has 0 bridgehead atoms. The van der Waals surface area contributed by atoms with E-state index in [0.717, 1.165) is 29.7 Å². The van der Waals surface area contributed by atoms with Crippen LogP contribution in [0.5, 0.6) is 0 Å². The Morgan fingerprint density at radius 1 is 1.29 bits per heavy atom. The van der Waals surface area contributed by atoms with E-state index in [0.29, 0.717) is 0 Å². The van der Waals surface area contributed by atoms with Crippen LogP contribution >= 0.6 is 0 Å². The van der Waals surface area contributed by atoms with E-state index in [1.807, 2.05) is 0 Å². The number of imidazole rings is 1. The number of aromatic nitrogens is 2. The summed E-state index contributed by atoms with van der Waals surface area (Å²) >= 11 is 0. The van der Waals surface area contributed by atoms with Gasteiger partial charge in [0.25, 0.3) is 0 Å². The summed E-state index contributed by atoms with van der Waals surface area (Å²) < 4.78 is 5.24. The lowest BCUT2D eigenvalue weighted by molar-refractivity contribution is 0.111. The summed E-state index contributed by atoms with van der Waals surface area (Å²) in [5, 5.41) is 0. The Kier molecular flexibility index (Phi) is 3.48. The van der Waals surface area contributed by atoms with Crippen molar-refractivity contribution in [1.82, 2.24) is 9.97 Å². The zero-order valence-electron chi connectivity index (χ0n) is 11.0. The molecule has 0 amide bonds. The summed E-state index contributed by atoms with van der Waals surface area (Å²) in [4.78, 5) is 7.99. The maximum Gasteiger partial charge on any atom is 0.107 e. The van der Waals surface area contributed by atoms with Crippen molar-refractivity contribution in [1.29, 1.82) is 0 Å². The van der Waals surface area contributed by atoms with Gasteiger partial charge in [0.2, 0.25) is 0 Å². The number of fused-ring (bicyclic) bond motifs is 1. The van der Waals surface area contributed by atoms with Crippen LogP contribution in [0.4, 0.5) is 0 Å². The van der Waals surface area contributed by atoms with Crippen molar-refractivity contribution in [2.24, 2.45) is 0 Å². The van der Waals surface area contributed by atoms with Gasteiger partial charge in [-0.05, 0) is 50.5 Å². The van der Waals surface area contributed by atoms with Crippen molar-refractivity contribution < 1.29 is 4.74 Å². The number of methoxy groups -OCH3 is 1. The molecule has 1 N–H and O–H groups in total. The minimum atomic E-state index is 0.284. The summed E-state index contributed by atoms with van der Waals surface area (Å²) in [6.45, 7) is 6.33. The molecule has 2 aromatic rings. The smallest absolute Gasteiger partial charge is 0.107 e. The first kappa shape index (κ1) is 12.1. The number of ether oxygens (including phenoxy) is 1. The van der Waals surface area contributed by atoms with Gasteiger partial charge in [-0.25, -0.2) is 4.98 Å². The Bertz CT molecular complexity index is 477. The fourth-order valence-corrected chi connectivity index (χ4v) is 1.90. The SMILES string of the molecule is COC(C)CCc1nc2cc(C)c(C)cc2[nH]1. The number of nitrogens with one attached hydrogen (secondary N) is 1. The van der Waals surface area contributed by atoms with Crippen LogP contribution < -0.4 is 0 Å². The Morgan fingerprint density at radius 2 is 2.00 bits per heavy atom. The molecule has 0 aliphatic heterocycles. The predicted octanol–water partition coefficient (Wildman–Crippen LogP) is 3.15. The van der Waals surface area contributed by atoms with Crippen LogP contribution in [-0.4, -0.2) is 23.2 Å². The van der Waals surface area contributed by atoms with Crippen LogP contribution in [0.1, 0.15) is 30.3 Å². The molecule has 3 nitrogen and oxygen atoms in total. The maximum absolute atomic E-state index is 5.24. The molecule has 1 aromatic heterocycles. The van der Waals surface area contributed by atoms with Crippen molar-refractivity contribution in [3.8, 4) is 0 Å². The van der Waals surface area contributed by atoms with Gasteiger partial charge in [0.15, 0.2) is 0 Å². The number of hydrogen-bond donors (Lipinski definition) is 1. The van der Waals surface area contributed by atoms with Gasteiger partial charge < -0.3 is 9.72 Å². The van der Waals surface area contributed by atoms with Crippen molar-refractivity contribution >= 4 is 11.0 Å². The lowest BCUT2D eigenvalue weighted by atomic mass is 10.1. The van der Waals surface area contributed by atoms with Gasteiger partial charge in [0.05, 0.1) is 17.1 Å². The number of aryl methyl sites for hydroxylation is 3. The first-order valence-corrected chi connectivity index (χ1v) is 6.09. The van der Waals surface area contributed by atoms with Gasteiger partial charge >= 0.3 is 0 Å². The summed E-state index contributed by atoms with van der Waals surface area (Å²) in [7, 11) is 1.75. The Hall–Kier alpha value is -1.35. The molecule has 3 heteroatoms. The second-order valence-electron chi connectivity index (χ2n) is 4.72. The third kappa shape index (κ3) is 2.67. The highest BCUT2D eigenvalue weighted by molar-refractivity contribution is 5.77. The van der Waals surface area contributed by atoms with Gasteiger partial charge in [0, 0.05) is 13.5 Å². The van der Waals surface area contributed by atoms with E-state index in [2.05, 4.69) is 42.9 Å². The van der Waals surface area contributed by atoms with Crippen molar-refractivity contribution in [2.45, 2.75) is 39.7 Å². The second kappa shape index (κ2) is 4.88. The van der Waals surface area contributed by atoms with Crippen molar-refractivity contribution in [2.75, 3.05) is 7.11 Å². The van der Waals surface area contributed by atoms with Crippen molar-refractivity contribution in [3.63, 3.8) is 0 Å². The number of aromatic amines is 1. The average molecular weight is 232 g/mol. The van der Waals surface area contributed by atoms with Crippen LogP contribution in [0, 0.1) is 13.8 Å². The van der Waals surface area contributed by atoms with E-state index in [1.54, 1.807) is 7.11 Å². The second-order valence-corrected chi connectivity index (χ2v) is 4.72. The summed E-state index contributed by atoms with van der Waals surface area (Å²) in [5.41, 5.74) is 4.79. The largest absolute Gasteiger partial charge is 0.382 e. The molecule has 0 aliphatic carbocycles. The minimum absolute atomic E-state index is 0.284. The molecular weight excluding hydrogens is 212 g/mol. The minimum Gasteiger partial charge on any atom is -0.382 e. The lowest BCUT2D eigenvalue weighted by Crippen LogP contribution is -2.06.